The van der Waals surface area contributed by atoms with Crippen molar-refractivity contribution in [2.45, 2.75) is 14.4 Å². The predicted molar refractivity (Wildman–Crippen MR) is 47.8 cm³/mol. The van der Waals surface area contributed by atoms with Gasteiger partial charge in [0.05, 0.1) is 6.61 Å². The van der Waals surface area contributed by atoms with Crippen LogP contribution in [0, 0.1) is 10.1 Å². The third-order valence-corrected chi connectivity index (χ3v) is 1.68. The molecule has 0 saturated heterocycles. The minimum atomic E-state index is -0.481. The first-order chi connectivity index (χ1) is 5.66. The van der Waals surface area contributed by atoms with Gasteiger partial charge in [-0.2, -0.15) is 9.89 Å². The summed E-state index contributed by atoms with van der Waals surface area (Å²) < 4.78 is 0. The molecule has 6 heteroatoms. The topological polar surface area (TPSA) is 80.2 Å². The van der Waals surface area contributed by atoms with Crippen LogP contribution >= 0.6 is 0 Å². The van der Waals surface area contributed by atoms with E-state index < -0.39 is 4.92 Å². The average Bonchev–Trinajstić information content (AvgIpc) is 2.34. The number of amidine groups is 1. The van der Waals surface area contributed by atoms with Crippen molar-refractivity contribution in [3.8, 4) is 0 Å². The number of nitrogens with one attached hydrogen (secondary N) is 1. The summed E-state index contributed by atoms with van der Waals surface area (Å²) in [6.45, 7) is 1.90. The molecule has 1 atom stereocenters. The molecule has 0 amide bonds. The number of quaternary nitrogens is 1. The summed E-state index contributed by atoms with van der Waals surface area (Å²) in [6, 6.07) is 0. The maximum Gasteiger partial charge on any atom is 0.450 e. The first kappa shape index (κ1) is 11.7. The number of aliphatic imine (C=N–C) groups is 1. The number of aliphatic hydroxyl groups is 1. The lowest BCUT2D eigenvalue weighted by atomic mass is 10.5. The second-order valence-electron chi connectivity index (χ2n) is 2.44. The minimum absolute atomic E-state index is 0. The summed E-state index contributed by atoms with van der Waals surface area (Å²) in [6.07, 6.45) is 1.22. The Morgan fingerprint density at radius 3 is 2.85 bits per heavy atom. The molecule has 1 heterocycles. The van der Waals surface area contributed by atoms with Gasteiger partial charge in [0.15, 0.2) is 6.20 Å². The molecule has 0 radical (unpaired) electrons. The zero-order valence-electron chi connectivity index (χ0n) is 6.65. The van der Waals surface area contributed by atoms with E-state index in [0.717, 1.165) is 0 Å². The molecule has 1 aliphatic heterocycles. The van der Waals surface area contributed by atoms with Crippen molar-refractivity contribution >= 4 is 5.84 Å². The number of hydrogen-bond acceptors (Lipinski definition) is 4. The van der Waals surface area contributed by atoms with E-state index in [-0.39, 0.29) is 19.9 Å². The van der Waals surface area contributed by atoms with Crippen molar-refractivity contribution in [3.05, 3.63) is 22.1 Å². The predicted octanol–water partition coefficient (Wildman–Crippen LogP) is -0.993. The molecule has 74 valence electrons. The molecule has 0 aromatic carbocycles. The molecule has 0 spiro atoms. The van der Waals surface area contributed by atoms with Crippen LogP contribution in [0.4, 0.5) is 0 Å². The Morgan fingerprint density at radius 2 is 2.38 bits per heavy atom. The Balaban J connectivity index is 0.00000144. The maximum absolute atomic E-state index is 10.4. The van der Waals surface area contributed by atoms with Gasteiger partial charge in [-0.1, -0.05) is 7.43 Å². The van der Waals surface area contributed by atoms with Crippen LogP contribution in [0.2, 0.25) is 0 Å². The Morgan fingerprint density at radius 1 is 1.77 bits per heavy atom. The number of rotatable bonds is 3. The van der Waals surface area contributed by atoms with Crippen LogP contribution in [0.3, 0.4) is 0 Å². The van der Waals surface area contributed by atoms with E-state index >= 15 is 0 Å². The average molecular weight is 188 g/mol. The normalized spacial score (nSPS) is 20.3. The van der Waals surface area contributed by atoms with E-state index in [1.807, 2.05) is 0 Å². The third-order valence-electron chi connectivity index (χ3n) is 1.68. The molecule has 2 N–H and O–H groups in total. The molecule has 0 aromatic heterocycles. The van der Waals surface area contributed by atoms with Gasteiger partial charge in [-0.15, -0.1) is 0 Å². The maximum atomic E-state index is 10.4. The van der Waals surface area contributed by atoms with E-state index in [1.165, 1.54) is 6.20 Å². The summed E-state index contributed by atoms with van der Waals surface area (Å²) in [4.78, 5) is 14.2. The van der Waals surface area contributed by atoms with Crippen molar-refractivity contribution < 1.29 is 14.9 Å². The van der Waals surface area contributed by atoms with Crippen LogP contribution < -0.4 is 4.90 Å². The fourth-order valence-electron chi connectivity index (χ4n) is 1.08. The molecule has 0 fully saturated rings. The highest BCUT2D eigenvalue weighted by Gasteiger charge is 2.33. The molecule has 1 rings (SSSR count). The third kappa shape index (κ3) is 2.33. The molecule has 6 nitrogen and oxygen atoms in total. The van der Waals surface area contributed by atoms with Gasteiger partial charge in [-0.05, 0) is 0 Å². The lowest BCUT2D eigenvalue weighted by Gasteiger charge is -2.07. The molecule has 0 bridgehead atoms. The fourth-order valence-corrected chi connectivity index (χ4v) is 1.08. The van der Waals surface area contributed by atoms with E-state index in [9.17, 15) is 10.1 Å². The van der Waals surface area contributed by atoms with Crippen molar-refractivity contribution in [1.82, 2.24) is 0 Å². The van der Waals surface area contributed by atoms with Gasteiger partial charge in [0.2, 0.25) is 5.84 Å². The first-order valence-corrected chi connectivity index (χ1v) is 3.53. The summed E-state index contributed by atoms with van der Waals surface area (Å²) in [5.74, 6) is 0.623. The summed E-state index contributed by atoms with van der Waals surface area (Å²) in [5, 5.41) is 19.0. The molecular weight excluding hydrogens is 174 g/mol. The zero-order chi connectivity index (χ0) is 9.14. The van der Waals surface area contributed by atoms with Gasteiger partial charge < -0.3 is 5.11 Å². The lowest BCUT2D eigenvalue weighted by Crippen LogP contribution is -3.12. The minimum Gasteiger partial charge on any atom is -0.390 e. The number of aliphatic hydroxyl groups excluding tert-OH is 1. The van der Waals surface area contributed by atoms with Gasteiger partial charge in [0.1, 0.15) is 11.5 Å². The quantitative estimate of drug-likeness (QED) is 0.440. The number of hydrogen-bond donors (Lipinski definition) is 2. The monoisotopic (exact) mass is 188 g/mol. The first-order valence-electron chi connectivity index (χ1n) is 3.53. The molecule has 0 aromatic rings. The number of nitro groups is 1. The highest BCUT2D eigenvalue weighted by atomic mass is 16.6. The van der Waals surface area contributed by atoms with Crippen molar-refractivity contribution in [2.24, 2.45) is 4.99 Å². The van der Waals surface area contributed by atoms with Crippen LogP contribution in [-0.2, 0) is 0 Å². The lowest BCUT2D eigenvalue weighted by molar-refractivity contribution is -0.835. The SMILES string of the molecule is C.CC1=NC=C([N+](=O)[O-])[NH+]1CCO. The van der Waals surface area contributed by atoms with Gasteiger partial charge in [-0.3, -0.25) is 10.1 Å². The van der Waals surface area contributed by atoms with Crippen molar-refractivity contribution in [3.63, 3.8) is 0 Å². The van der Waals surface area contributed by atoms with E-state index in [4.69, 9.17) is 5.11 Å². The largest absolute Gasteiger partial charge is 0.450 e. The molecule has 0 aliphatic carbocycles. The molecule has 1 aliphatic rings. The Kier molecular flexibility index (Phi) is 4.22. The molecular formula is C7H14N3O3+. The summed E-state index contributed by atoms with van der Waals surface area (Å²) >= 11 is 0. The molecule has 13 heavy (non-hydrogen) atoms. The van der Waals surface area contributed by atoms with Crippen LogP contribution in [0.1, 0.15) is 14.4 Å². The van der Waals surface area contributed by atoms with Crippen molar-refractivity contribution in [2.75, 3.05) is 13.2 Å². The summed E-state index contributed by atoms with van der Waals surface area (Å²) in [5.41, 5.74) is 0. The Bertz CT molecular complexity index is 260. The smallest absolute Gasteiger partial charge is 0.390 e. The molecule has 0 saturated carbocycles. The van der Waals surface area contributed by atoms with Crippen molar-refractivity contribution in [1.29, 1.82) is 0 Å². The second-order valence-corrected chi connectivity index (χ2v) is 2.44. The Hall–Kier alpha value is -1.27. The Labute approximate surface area is 76.3 Å². The van der Waals surface area contributed by atoms with E-state index in [1.54, 1.807) is 6.92 Å². The van der Waals surface area contributed by atoms with E-state index in [2.05, 4.69) is 4.99 Å². The van der Waals surface area contributed by atoms with Crippen LogP contribution in [0.15, 0.2) is 17.0 Å². The van der Waals surface area contributed by atoms with E-state index in [0.29, 0.717) is 17.3 Å². The van der Waals surface area contributed by atoms with Crippen LogP contribution in [0.25, 0.3) is 0 Å². The highest BCUT2D eigenvalue weighted by molar-refractivity contribution is 5.73. The fraction of sp³-hybridized carbons (Fsp3) is 0.571. The zero-order valence-corrected chi connectivity index (χ0v) is 6.65. The summed E-state index contributed by atoms with van der Waals surface area (Å²) in [7, 11) is 0. The van der Waals surface area contributed by atoms with Gasteiger partial charge >= 0.3 is 5.82 Å². The second kappa shape index (κ2) is 4.68. The molecule has 1 unspecified atom stereocenters. The van der Waals surface area contributed by atoms with Crippen LogP contribution in [0.5, 0.6) is 0 Å². The number of nitrogens with zero attached hydrogens (tertiary/aromatic N) is 2. The highest BCUT2D eigenvalue weighted by Crippen LogP contribution is 1.92. The van der Waals surface area contributed by atoms with Gasteiger partial charge in [0, 0.05) is 6.92 Å². The van der Waals surface area contributed by atoms with Gasteiger partial charge in [-0.25, -0.2) is 0 Å². The standard InChI is InChI=1S/C6H9N3O3.CH4/c1-5-7-4-6(9(11)12)8(5)2-3-10;/h4,10H,2-3H2,1H3;1H4/p+1. The van der Waals surface area contributed by atoms with Crippen LogP contribution in [-0.4, -0.2) is 29.0 Å². The van der Waals surface area contributed by atoms with Gasteiger partial charge in [0.25, 0.3) is 0 Å².